The Kier molecular flexibility index (Phi) is 7.03. The van der Waals surface area contributed by atoms with Crippen LogP contribution < -0.4 is 14.5 Å². The molecular formula is C27H17BrClN3O6S2. The number of thiazole rings is 1. The van der Waals surface area contributed by atoms with Crippen LogP contribution in [0, 0.1) is 16.0 Å². The van der Waals surface area contributed by atoms with Crippen molar-refractivity contribution in [3.05, 3.63) is 112 Å². The highest BCUT2D eigenvalue weighted by Crippen LogP contribution is 2.55. The number of rotatable bonds is 6. The number of non-ortho nitro benzene ring substituents is 1. The van der Waals surface area contributed by atoms with E-state index in [9.17, 15) is 24.5 Å². The molecule has 0 unspecified atom stereocenters. The molecule has 3 aromatic carbocycles. The Morgan fingerprint density at radius 2 is 1.80 bits per heavy atom. The fourth-order valence-corrected chi connectivity index (χ4v) is 7.95. The number of thioether (sulfide) groups is 1. The monoisotopic (exact) mass is 657 g/mol. The first-order valence-corrected chi connectivity index (χ1v) is 14.8. The van der Waals surface area contributed by atoms with Gasteiger partial charge in [-0.1, -0.05) is 68.8 Å². The molecule has 9 nitrogen and oxygen atoms in total. The summed E-state index contributed by atoms with van der Waals surface area (Å²) in [6.45, 7) is 0.0637. The summed E-state index contributed by atoms with van der Waals surface area (Å²) < 4.78 is 6.93. The number of benzene rings is 3. The van der Waals surface area contributed by atoms with Crippen molar-refractivity contribution in [1.82, 2.24) is 4.98 Å². The molecule has 202 valence electrons. The molecule has 1 fully saturated rings. The van der Waals surface area contributed by atoms with Crippen molar-refractivity contribution >= 4 is 73.8 Å². The number of nitrogens with zero attached hydrogens (tertiary/aromatic N) is 2. The third kappa shape index (κ3) is 4.64. The lowest BCUT2D eigenvalue weighted by molar-refractivity contribution is -0.385. The zero-order chi connectivity index (χ0) is 28.1. The molecule has 2 aliphatic heterocycles. The third-order valence-corrected chi connectivity index (χ3v) is 10.1. The zero-order valence-corrected chi connectivity index (χ0v) is 24.2. The number of nitrogens with one attached hydrogen (secondary N) is 1. The van der Waals surface area contributed by atoms with Gasteiger partial charge < -0.3 is 9.72 Å². The maximum atomic E-state index is 14.0. The summed E-state index contributed by atoms with van der Waals surface area (Å²) in [6, 6.07) is 18.1. The van der Waals surface area contributed by atoms with Crippen molar-refractivity contribution in [3.8, 4) is 5.75 Å². The molecule has 3 atom stereocenters. The smallest absolute Gasteiger partial charge is 0.305 e. The average Bonchev–Trinajstić information content (AvgIpc) is 3.43. The number of anilines is 1. The van der Waals surface area contributed by atoms with Gasteiger partial charge in [0.2, 0.25) is 11.8 Å². The van der Waals surface area contributed by atoms with Crippen molar-refractivity contribution in [3.63, 3.8) is 0 Å². The SMILES string of the molecule is O=C1[C@@H]2[C@H](c3cc([N+](=O)[O-])ccc3OCc3ccccc3Cl)c3sc(=O)[nH]c3S[C@@H]2C(=O)N1c1ccc(Br)cc1. The number of halogens is 2. The molecular weight excluding hydrogens is 642 g/mol. The van der Waals surface area contributed by atoms with Crippen LogP contribution in [0.1, 0.15) is 21.9 Å². The van der Waals surface area contributed by atoms with Crippen LogP contribution in [-0.2, 0) is 16.2 Å². The summed E-state index contributed by atoms with van der Waals surface area (Å²) in [4.78, 5) is 55.5. The largest absolute Gasteiger partial charge is 0.489 e. The maximum Gasteiger partial charge on any atom is 0.305 e. The van der Waals surface area contributed by atoms with E-state index in [1.807, 2.05) is 6.07 Å². The minimum absolute atomic E-state index is 0.0637. The number of ether oxygens (including phenoxy) is 1. The average molecular weight is 659 g/mol. The van der Waals surface area contributed by atoms with Gasteiger partial charge in [-0.05, 0) is 36.4 Å². The van der Waals surface area contributed by atoms with E-state index in [1.165, 1.54) is 18.2 Å². The van der Waals surface area contributed by atoms with Crippen molar-refractivity contribution in [2.24, 2.45) is 5.92 Å². The Morgan fingerprint density at radius 3 is 2.52 bits per heavy atom. The Hall–Kier alpha value is -3.45. The lowest BCUT2D eigenvalue weighted by Crippen LogP contribution is -2.32. The van der Waals surface area contributed by atoms with Gasteiger partial charge in [0.25, 0.3) is 5.69 Å². The van der Waals surface area contributed by atoms with Crippen LogP contribution in [0.15, 0.2) is 81.0 Å². The van der Waals surface area contributed by atoms with E-state index >= 15 is 0 Å². The number of hydrogen-bond acceptors (Lipinski definition) is 8. The Bertz CT molecular complexity index is 1740. The highest BCUT2D eigenvalue weighted by atomic mass is 79.9. The van der Waals surface area contributed by atoms with Crippen molar-refractivity contribution in [1.29, 1.82) is 0 Å². The fraction of sp³-hybridized carbons (Fsp3) is 0.148. The standard InChI is InChI=1S/C27H17BrClN3O6S2/c28-14-5-7-15(8-6-14)31-25(33)21-20(22-24(30-27(35)40-22)39-23(21)26(31)34)17-11-16(32(36)37)9-10-19(17)38-12-13-3-1-2-4-18(13)29/h1-11,20-21,23H,12H2,(H,30,35)/t20-,21+,23-/m0/s1. The number of carbonyl (C=O) groups excluding carboxylic acids is 2. The van der Waals surface area contributed by atoms with Gasteiger partial charge >= 0.3 is 4.87 Å². The van der Waals surface area contributed by atoms with Crippen LogP contribution in [0.5, 0.6) is 5.75 Å². The van der Waals surface area contributed by atoms with Gasteiger partial charge in [0.15, 0.2) is 0 Å². The van der Waals surface area contributed by atoms with E-state index in [2.05, 4.69) is 20.9 Å². The highest BCUT2D eigenvalue weighted by molar-refractivity contribution is 9.10. The molecule has 1 aromatic heterocycles. The molecule has 1 N–H and O–H groups in total. The van der Waals surface area contributed by atoms with Gasteiger partial charge in [0.1, 0.15) is 17.6 Å². The minimum Gasteiger partial charge on any atom is -0.489 e. The second-order valence-electron chi connectivity index (χ2n) is 9.10. The van der Waals surface area contributed by atoms with Gasteiger partial charge in [-0.15, -0.1) is 0 Å². The zero-order valence-electron chi connectivity index (χ0n) is 20.2. The van der Waals surface area contributed by atoms with Crippen LogP contribution in [0.4, 0.5) is 11.4 Å². The summed E-state index contributed by atoms with van der Waals surface area (Å²) in [5.74, 6) is -2.36. The van der Waals surface area contributed by atoms with Crippen molar-refractivity contribution in [2.45, 2.75) is 22.8 Å². The van der Waals surface area contributed by atoms with Crippen LogP contribution in [0.3, 0.4) is 0 Å². The number of aromatic nitrogens is 1. The molecule has 0 bridgehead atoms. The van der Waals surface area contributed by atoms with Crippen molar-refractivity contribution in [2.75, 3.05) is 4.90 Å². The molecule has 1 saturated heterocycles. The van der Waals surface area contributed by atoms with E-state index in [1.54, 1.807) is 42.5 Å². The van der Waals surface area contributed by atoms with Gasteiger partial charge in [-0.3, -0.25) is 24.5 Å². The second-order valence-corrected chi connectivity index (χ2v) is 12.6. The summed E-state index contributed by atoms with van der Waals surface area (Å²) in [5.41, 5.74) is 1.25. The molecule has 0 radical (unpaired) electrons. The number of nitro benzene ring substituents is 1. The first-order chi connectivity index (χ1) is 19.2. The Balaban J connectivity index is 1.48. The summed E-state index contributed by atoms with van der Waals surface area (Å²) in [6.07, 6.45) is 0. The number of carbonyl (C=O) groups is 2. The number of aromatic amines is 1. The van der Waals surface area contributed by atoms with E-state index in [0.29, 0.717) is 31.7 Å². The van der Waals surface area contributed by atoms with Gasteiger partial charge in [-0.2, -0.15) is 0 Å². The molecule has 13 heteroatoms. The maximum absolute atomic E-state index is 14.0. The Labute approximate surface area is 248 Å². The van der Waals surface area contributed by atoms with E-state index in [4.69, 9.17) is 16.3 Å². The molecule has 0 saturated carbocycles. The normalized spacial score (nSPS) is 19.9. The molecule has 2 aliphatic rings. The third-order valence-electron chi connectivity index (χ3n) is 6.79. The first kappa shape index (κ1) is 26.8. The predicted molar refractivity (Wildman–Crippen MR) is 155 cm³/mol. The summed E-state index contributed by atoms with van der Waals surface area (Å²) >= 11 is 11.7. The van der Waals surface area contributed by atoms with Crippen LogP contribution >= 0.6 is 50.6 Å². The topological polar surface area (TPSA) is 123 Å². The van der Waals surface area contributed by atoms with E-state index in [-0.39, 0.29) is 22.9 Å². The molecule has 40 heavy (non-hydrogen) atoms. The number of imide groups is 1. The molecule has 0 aliphatic carbocycles. The van der Waals surface area contributed by atoms with E-state index < -0.39 is 33.8 Å². The van der Waals surface area contributed by atoms with Gasteiger partial charge in [-0.25, -0.2) is 4.90 Å². The van der Waals surface area contributed by atoms with Crippen LogP contribution in [0.2, 0.25) is 5.02 Å². The number of hydrogen-bond donors (Lipinski definition) is 1. The first-order valence-electron chi connectivity index (χ1n) is 11.9. The van der Waals surface area contributed by atoms with Gasteiger partial charge in [0, 0.05) is 43.6 Å². The van der Waals surface area contributed by atoms with Gasteiger partial charge in [0.05, 0.1) is 21.6 Å². The fourth-order valence-electron chi connectivity index (χ4n) is 4.99. The second kappa shape index (κ2) is 10.5. The molecule has 4 aromatic rings. The molecule has 6 rings (SSSR count). The number of H-pyrrole nitrogens is 1. The van der Waals surface area contributed by atoms with Crippen LogP contribution in [-0.4, -0.2) is 27.0 Å². The quantitative estimate of drug-likeness (QED) is 0.150. The molecule has 3 heterocycles. The predicted octanol–water partition coefficient (Wildman–Crippen LogP) is 6.14. The summed E-state index contributed by atoms with van der Waals surface area (Å²) in [5, 5.41) is 11.9. The minimum atomic E-state index is -0.926. The lowest BCUT2D eigenvalue weighted by Gasteiger charge is -2.30. The lowest BCUT2D eigenvalue weighted by atomic mass is 9.82. The number of amides is 2. The number of fused-ring (bicyclic) bond motifs is 2. The molecule has 0 spiro atoms. The Morgan fingerprint density at radius 1 is 1.05 bits per heavy atom. The number of nitro groups is 1. The van der Waals surface area contributed by atoms with Crippen molar-refractivity contribution < 1.29 is 19.2 Å². The van der Waals surface area contributed by atoms with Crippen LogP contribution in [0.25, 0.3) is 0 Å². The summed E-state index contributed by atoms with van der Waals surface area (Å²) in [7, 11) is 0. The molecule has 2 amide bonds. The van der Waals surface area contributed by atoms with E-state index in [0.717, 1.165) is 32.5 Å². The highest BCUT2D eigenvalue weighted by Gasteiger charge is 2.57.